The van der Waals surface area contributed by atoms with Crippen LogP contribution in [0.25, 0.3) is 0 Å². The fraction of sp³-hybridized carbons (Fsp3) is 0.647. The average molecular weight is 357 g/mol. The van der Waals surface area contributed by atoms with Gasteiger partial charge in [0.1, 0.15) is 0 Å². The summed E-state index contributed by atoms with van der Waals surface area (Å²) in [4.78, 5) is 28.4. The molecule has 0 spiro atoms. The molecular formula is C17H22F3N3O2. The molecule has 0 aromatic carbocycles. The highest BCUT2D eigenvalue weighted by Gasteiger charge is 2.36. The predicted octanol–water partition coefficient (Wildman–Crippen LogP) is 1.94. The highest BCUT2D eigenvalue weighted by atomic mass is 19.4. The topological polar surface area (TPSA) is 45.6 Å². The van der Waals surface area contributed by atoms with Crippen LogP contribution in [-0.2, 0) is 24.1 Å². The van der Waals surface area contributed by atoms with Crippen LogP contribution in [-0.4, -0.2) is 47.0 Å². The highest BCUT2D eigenvalue weighted by Crippen LogP contribution is 2.32. The van der Waals surface area contributed by atoms with E-state index in [1.807, 2.05) is 14.1 Å². The summed E-state index contributed by atoms with van der Waals surface area (Å²) in [6.07, 6.45) is -2.04. The summed E-state index contributed by atoms with van der Waals surface area (Å²) < 4.78 is 40.1. The summed E-state index contributed by atoms with van der Waals surface area (Å²) in [6.45, 7) is 0.656. The molecule has 1 amide bonds. The number of nitrogens with zero attached hydrogens (tertiary/aromatic N) is 3. The Hall–Kier alpha value is -1.83. The molecular weight excluding hydrogens is 335 g/mol. The minimum absolute atomic E-state index is 0.0135. The largest absolute Gasteiger partial charge is 0.416 e. The van der Waals surface area contributed by atoms with Gasteiger partial charge >= 0.3 is 6.18 Å². The lowest BCUT2D eigenvalue weighted by molar-refractivity contribution is -0.138. The molecule has 2 heterocycles. The van der Waals surface area contributed by atoms with Gasteiger partial charge in [0.05, 0.1) is 12.1 Å². The molecule has 2 atom stereocenters. The van der Waals surface area contributed by atoms with Crippen LogP contribution in [0.4, 0.5) is 13.2 Å². The summed E-state index contributed by atoms with van der Waals surface area (Å²) in [5, 5.41) is 0. The van der Waals surface area contributed by atoms with Gasteiger partial charge in [-0.15, -0.1) is 0 Å². The number of halogens is 3. The standard InChI is InChI=1S/C17H22F3N3O2/c1-21(2)13-4-3-11(7-13)16(25)22-5-6-23-14(10-22)8-12(9-15(23)24)17(18,19)20/h8-9,11,13H,3-7,10H2,1-2H3/t11-,13+/m0/s1. The third-order valence-corrected chi connectivity index (χ3v) is 5.28. The van der Waals surface area contributed by atoms with Crippen molar-refractivity contribution in [2.24, 2.45) is 5.92 Å². The van der Waals surface area contributed by atoms with E-state index in [9.17, 15) is 22.8 Å². The van der Waals surface area contributed by atoms with Crippen molar-refractivity contribution < 1.29 is 18.0 Å². The van der Waals surface area contributed by atoms with E-state index in [4.69, 9.17) is 0 Å². The van der Waals surface area contributed by atoms with Crippen LogP contribution in [0.15, 0.2) is 16.9 Å². The number of rotatable bonds is 2. The summed E-state index contributed by atoms with van der Waals surface area (Å²) in [5.74, 6) is -0.100. The molecule has 1 aliphatic heterocycles. The molecule has 0 unspecified atom stereocenters. The number of carbonyl (C=O) groups is 1. The number of hydrogen-bond donors (Lipinski definition) is 0. The molecule has 1 saturated carbocycles. The number of amides is 1. The van der Waals surface area contributed by atoms with E-state index in [2.05, 4.69) is 4.90 Å². The van der Waals surface area contributed by atoms with Gasteiger partial charge in [0.25, 0.3) is 5.56 Å². The summed E-state index contributed by atoms with van der Waals surface area (Å²) in [7, 11) is 3.97. The Bertz CT molecular complexity index is 727. The fourth-order valence-corrected chi connectivity index (χ4v) is 3.79. The van der Waals surface area contributed by atoms with Crippen LogP contribution in [0.5, 0.6) is 0 Å². The zero-order chi connectivity index (χ0) is 18.4. The molecule has 2 aliphatic rings. The molecule has 1 aromatic heterocycles. The van der Waals surface area contributed by atoms with Crippen molar-refractivity contribution in [2.75, 3.05) is 20.6 Å². The smallest absolute Gasteiger partial charge is 0.335 e. The predicted molar refractivity (Wildman–Crippen MR) is 85.9 cm³/mol. The van der Waals surface area contributed by atoms with Gasteiger partial charge in [-0.3, -0.25) is 9.59 Å². The quantitative estimate of drug-likeness (QED) is 0.813. The molecule has 0 N–H and O–H groups in total. The van der Waals surface area contributed by atoms with Crippen molar-refractivity contribution >= 4 is 5.91 Å². The Morgan fingerprint density at radius 1 is 1.20 bits per heavy atom. The maximum absolute atomic E-state index is 12.9. The lowest BCUT2D eigenvalue weighted by atomic mass is 10.0. The minimum Gasteiger partial charge on any atom is -0.335 e. The number of alkyl halides is 3. The SMILES string of the molecule is CN(C)[C@@H]1CC[C@H](C(=O)N2CCn3c(cc(C(F)(F)F)cc3=O)C2)C1. The van der Waals surface area contributed by atoms with E-state index in [1.54, 1.807) is 4.90 Å². The van der Waals surface area contributed by atoms with E-state index >= 15 is 0 Å². The normalized spacial score (nSPS) is 23.8. The Morgan fingerprint density at radius 2 is 1.92 bits per heavy atom. The Labute approximate surface area is 144 Å². The van der Waals surface area contributed by atoms with Crippen LogP contribution in [0, 0.1) is 5.92 Å². The second-order valence-corrected chi connectivity index (χ2v) is 7.11. The first-order chi connectivity index (χ1) is 11.7. The third-order valence-electron chi connectivity index (χ3n) is 5.28. The van der Waals surface area contributed by atoms with Crippen molar-refractivity contribution in [1.29, 1.82) is 0 Å². The lowest BCUT2D eigenvalue weighted by Gasteiger charge is -2.32. The fourth-order valence-electron chi connectivity index (χ4n) is 3.79. The average Bonchev–Trinajstić information content (AvgIpc) is 3.03. The molecule has 0 saturated heterocycles. The van der Waals surface area contributed by atoms with Crippen molar-refractivity contribution in [3.8, 4) is 0 Å². The van der Waals surface area contributed by atoms with Gasteiger partial charge in [-0.25, -0.2) is 0 Å². The van der Waals surface area contributed by atoms with Crippen molar-refractivity contribution in [2.45, 2.75) is 44.6 Å². The van der Waals surface area contributed by atoms with E-state index in [1.165, 1.54) is 4.57 Å². The number of fused-ring (bicyclic) bond motifs is 1. The van der Waals surface area contributed by atoms with Crippen LogP contribution in [0.2, 0.25) is 0 Å². The molecule has 0 radical (unpaired) electrons. The first-order valence-corrected chi connectivity index (χ1v) is 8.43. The number of hydrogen-bond acceptors (Lipinski definition) is 3. The van der Waals surface area contributed by atoms with Crippen LogP contribution in [0.1, 0.15) is 30.5 Å². The molecule has 25 heavy (non-hydrogen) atoms. The van der Waals surface area contributed by atoms with Crippen LogP contribution >= 0.6 is 0 Å². The third kappa shape index (κ3) is 3.58. The number of pyridine rings is 1. The summed E-state index contributed by atoms with van der Waals surface area (Å²) in [5.41, 5.74) is -1.36. The Balaban J connectivity index is 1.78. The number of aromatic nitrogens is 1. The maximum atomic E-state index is 12.9. The maximum Gasteiger partial charge on any atom is 0.416 e. The van der Waals surface area contributed by atoms with Gasteiger partial charge in [0.15, 0.2) is 0 Å². The molecule has 1 fully saturated rings. The Morgan fingerprint density at radius 3 is 2.52 bits per heavy atom. The van der Waals surface area contributed by atoms with Crippen LogP contribution in [0.3, 0.4) is 0 Å². The molecule has 5 nitrogen and oxygen atoms in total. The van der Waals surface area contributed by atoms with Crippen LogP contribution < -0.4 is 5.56 Å². The molecule has 1 aliphatic carbocycles. The first kappa shape index (κ1) is 18.0. The summed E-state index contributed by atoms with van der Waals surface area (Å²) >= 11 is 0. The van der Waals surface area contributed by atoms with E-state index in [0.29, 0.717) is 18.7 Å². The minimum atomic E-state index is -4.56. The van der Waals surface area contributed by atoms with Crippen molar-refractivity contribution in [1.82, 2.24) is 14.4 Å². The molecule has 3 rings (SSSR count). The van der Waals surface area contributed by atoms with E-state index < -0.39 is 17.3 Å². The van der Waals surface area contributed by atoms with Gasteiger partial charge < -0.3 is 14.4 Å². The molecule has 0 bridgehead atoms. The molecule has 1 aromatic rings. The number of carbonyl (C=O) groups excluding carboxylic acids is 1. The highest BCUT2D eigenvalue weighted by molar-refractivity contribution is 5.79. The van der Waals surface area contributed by atoms with Gasteiger partial charge in [0.2, 0.25) is 5.91 Å². The lowest BCUT2D eigenvalue weighted by Crippen LogP contribution is -2.44. The van der Waals surface area contributed by atoms with Gasteiger partial charge in [-0.1, -0.05) is 0 Å². The zero-order valence-corrected chi connectivity index (χ0v) is 14.3. The molecule has 138 valence electrons. The summed E-state index contributed by atoms with van der Waals surface area (Å²) in [6, 6.07) is 1.98. The second-order valence-electron chi connectivity index (χ2n) is 7.11. The van der Waals surface area contributed by atoms with E-state index in [0.717, 1.165) is 25.3 Å². The van der Waals surface area contributed by atoms with Gasteiger partial charge in [0, 0.05) is 36.8 Å². The van der Waals surface area contributed by atoms with Gasteiger partial charge in [-0.05, 0) is 39.4 Å². The zero-order valence-electron chi connectivity index (χ0n) is 14.3. The van der Waals surface area contributed by atoms with Crippen molar-refractivity contribution in [3.05, 3.63) is 33.7 Å². The van der Waals surface area contributed by atoms with Crippen molar-refractivity contribution in [3.63, 3.8) is 0 Å². The first-order valence-electron chi connectivity index (χ1n) is 8.43. The monoisotopic (exact) mass is 357 g/mol. The van der Waals surface area contributed by atoms with E-state index in [-0.39, 0.29) is 30.6 Å². The second kappa shape index (κ2) is 6.48. The Kier molecular flexibility index (Phi) is 4.66. The van der Waals surface area contributed by atoms with Gasteiger partial charge in [-0.2, -0.15) is 13.2 Å². The molecule has 8 heteroatoms.